The number of hydrogen-bond donors (Lipinski definition) is 5. The molecule has 46 heavy (non-hydrogen) atoms. The van der Waals surface area contributed by atoms with Crippen molar-refractivity contribution in [1.29, 1.82) is 0 Å². The van der Waals surface area contributed by atoms with Crippen molar-refractivity contribution in [3.63, 3.8) is 0 Å². The second-order valence-electron chi connectivity index (χ2n) is 11.3. The van der Waals surface area contributed by atoms with E-state index in [4.69, 9.17) is 5.73 Å². The number of piperidine rings is 1. The van der Waals surface area contributed by atoms with Gasteiger partial charge in [-0.1, -0.05) is 76.0 Å². The second-order valence-corrected chi connectivity index (χ2v) is 11.3. The average molecular weight is 625 g/mol. The highest BCUT2D eigenvalue weighted by Gasteiger charge is 2.29. The van der Waals surface area contributed by atoms with E-state index in [0.717, 1.165) is 76.5 Å². The van der Waals surface area contributed by atoms with Gasteiger partial charge in [0.2, 0.25) is 0 Å². The van der Waals surface area contributed by atoms with Gasteiger partial charge in [0.1, 0.15) is 5.82 Å². The maximum Gasteiger partial charge on any atom is 0.182 e. The Morgan fingerprint density at radius 2 is 1.85 bits per heavy atom. The molecule has 0 aliphatic carbocycles. The van der Waals surface area contributed by atoms with Gasteiger partial charge in [-0.25, -0.2) is 14.8 Å². The monoisotopic (exact) mass is 624 g/mol. The van der Waals surface area contributed by atoms with Crippen LogP contribution < -0.4 is 27.1 Å². The molecule has 3 unspecified atom stereocenters. The number of aromatic nitrogens is 1. The maximum atomic E-state index is 14.2. The minimum atomic E-state index is -1.17. The van der Waals surface area contributed by atoms with Crippen LogP contribution in [0.1, 0.15) is 61.9 Å². The number of allylic oxidation sites excluding steroid dienone is 1. The normalized spacial score (nSPS) is 17.2. The lowest BCUT2D eigenvalue weighted by Crippen LogP contribution is -2.41. The van der Waals surface area contributed by atoms with Crippen LogP contribution in [0.2, 0.25) is 0 Å². The van der Waals surface area contributed by atoms with Crippen LogP contribution in [0, 0.1) is 0 Å². The SMILES string of the molecule is C=CC(=C)N1CCCC(Nc2c(C3=CN(C(C)F)NC3)cnc(N)c2C(NC)c2ccc(C(=C)Nc3ccccc3)cc2)C1.CC. The Morgan fingerprint density at radius 1 is 1.13 bits per heavy atom. The summed E-state index contributed by atoms with van der Waals surface area (Å²) in [6.07, 6.45) is 6.24. The van der Waals surface area contributed by atoms with Gasteiger partial charge in [0.15, 0.2) is 6.30 Å². The molecule has 3 aromatic rings. The molecule has 3 atom stereocenters. The van der Waals surface area contributed by atoms with Crippen LogP contribution >= 0.6 is 0 Å². The van der Waals surface area contributed by atoms with Crippen LogP contribution in [-0.2, 0) is 0 Å². The number of anilines is 3. The third-order valence-electron chi connectivity index (χ3n) is 8.27. The van der Waals surface area contributed by atoms with Crippen molar-refractivity contribution in [3.05, 3.63) is 121 Å². The van der Waals surface area contributed by atoms with Gasteiger partial charge in [0.25, 0.3) is 0 Å². The van der Waals surface area contributed by atoms with E-state index in [2.05, 4.69) is 75.3 Å². The maximum absolute atomic E-state index is 14.2. The molecule has 2 aromatic carbocycles. The molecule has 9 heteroatoms. The molecule has 8 nitrogen and oxygen atoms in total. The summed E-state index contributed by atoms with van der Waals surface area (Å²) in [6, 6.07) is 18.1. The number of hydrogen-bond acceptors (Lipinski definition) is 8. The lowest BCUT2D eigenvalue weighted by molar-refractivity contribution is 0.114. The van der Waals surface area contributed by atoms with Crippen LogP contribution in [0.15, 0.2) is 98.5 Å². The first-order chi connectivity index (χ1) is 22.3. The number of alkyl halides is 1. The summed E-state index contributed by atoms with van der Waals surface area (Å²) in [7, 11) is 1.92. The molecule has 0 radical (unpaired) electrons. The molecule has 0 amide bonds. The lowest BCUT2D eigenvalue weighted by Gasteiger charge is -2.36. The van der Waals surface area contributed by atoms with E-state index in [1.54, 1.807) is 12.3 Å². The van der Waals surface area contributed by atoms with Gasteiger partial charge in [-0.05, 0) is 61.7 Å². The molecular weight excluding hydrogens is 575 g/mol. The second kappa shape index (κ2) is 16.1. The van der Waals surface area contributed by atoms with Gasteiger partial charge in [-0.2, -0.15) is 0 Å². The summed E-state index contributed by atoms with van der Waals surface area (Å²) in [4.78, 5) is 6.90. The van der Waals surface area contributed by atoms with Gasteiger partial charge in [0, 0.05) is 66.3 Å². The molecule has 2 aliphatic heterocycles. The number of nitrogen functional groups attached to an aromatic ring is 1. The van der Waals surface area contributed by atoms with Gasteiger partial charge in [0.05, 0.1) is 11.7 Å². The summed E-state index contributed by atoms with van der Waals surface area (Å²) in [5, 5.41) is 12.2. The van der Waals surface area contributed by atoms with Crippen molar-refractivity contribution >= 4 is 28.5 Å². The molecule has 0 saturated carbocycles. The molecule has 2 aliphatic rings. The number of nitrogens with zero attached hydrogens (tertiary/aromatic N) is 3. The number of para-hydroxylation sites is 1. The Hall–Kier alpha value is -4.60. The molecule has 0 spiro atoms. The Morgan fingerprint density at radius 3 is 2.48 bits per heavy atom. The van der Waals surface area contributed by atoms with E-state index < -0.39 is 6.30 Å². The van der Waals surface area contributed by atoms with Crippen molar-refractivity contribution in [2.75, 3.05) is 43.0 Å². The zero-order valence-corrected chi connectivity index (χ0v) is 27.6. The highest BCUT2D eigenvalue weighted by Crippen LogP contribution is 2.39. The van der Waals surface area contributed by atoms with Crippen molar-refractivity contribution < 1.29 is 4.39 Å². The summed E-state index contributed by atoms with van der Waals surface area (Å²) in [5.41, 5.74) is 18.1. The average Bonchev–Trinajstić information content (AvgIpc) is 3.58. The van der Waals surface area contributed by atoms with Gasteiger partial charge in [-0.3, -0.25) is 5.01 Å². The molecule has 3 heterocycles. The predicted molar refractivity (Wildman–Crippen MR) is 192 cm³/mol. The van der Waals surface area contributed by atoms with Gasteiger partial charge in [-0.15, -0.1) is 0 Å². The van der Waals surface area contributed by atoms with Crippen LogP contribution in [0.5, 0.6) is 0 Å². The topological polar surface area (TPSA) is 93.5 Å². The van der Waals surface area contributed by atoms with Crippen molar-refractivity contribution in [1.82, 2.24) is 25.6 Å². The first-order valence-corrected chi connectivity index (χ1v) is 16.1. The number of benzene rings is 2. The first kappa shape index (κ1) is 34.3. The van der Waals surface area contributed by atoms with Crippen LogP contribution in [0.3, 0.4) is 0 Å². The Balaban J connectivity index is 0.00000235. The number of likely N-dealkylation sites (tertiary alicyclic amines) is 1. The van der Waals surface area contributed by atoms with E-state index >= 15 is 0 Å². The Labute approximate surface area is 273 Å². The van der Waals surface area contributed by atoms with E-state index in [0.29, 0.717) is 12.4 Å². The highest BCUT2D eigenvalue weighted by molar-refractivity contribution is 5.83. The predicted octanol–water partition coefficient (Wildman–Crippen LogP) is 7.13. The summed E-state index contributed by atoms with van der Waals surface area (Å²) in [6.45, 7) is 20.0. The molecular formula is C37H49FN8. The fourth-order valence-corrected chi connectivity index (χ4v) is 5.87. The lowest BCUT2D eigenvalue weighted by atomic mass is 9.92. The van der Waals surface area contributed by atoms with Crippen LogP contribution in [0.4, 0.5) is 21.6 Å². The standard InChI is InChI=1S/C35H43FN8.C2H6/c1-6-23(2)43-18-10-13-30(22-43)42-34-31(28-19-40-44(21-28)25(4)36)20-39-35(37)32(34)33(38-5)27-16-14-26(15-17-27)24(3)41-29-11-8-7-9-12-29;1-2/h6-9,11-12,14-17,20-21,25,30,33,38,40-41H,1-3,10,13,18-19,22H2,4-5H3,(H3,37,39,42);1-2H3. The molecule has 1 saturated heterocycles. The number of pyridine rings is 1. The van der Waals surface area contributed by atoms with Crippen LogP contribution in [-0.4, -0.2) is 53.9 Å². The number of nitrogens with one attached hydrogen (secondary N) is 4. The number of rotatable bonds is 12. The third-order valence-corrected chi connectivity index (χ3v) is 8.27. The van der Waals surface area contributed by atoms with Crippen LogP contribution in [0.25, 0.3) is 11.3 Å². The van der Waals surface area contributed by atoms with Crippen molar-refractivity contribution in [2.24, 2.45) is 0 Å². The van der Waals surface area contributed by atoms with Crippen molar-refractivity contribution in [3.8, 4) is 0 Å². The fraction of sp³-hybridized carbons (Fsp3) is 0.324. The number of halogens is 1. The quantitative estimate of drug-likeness (QED) is 0.107. The minimum Gasteiger partial charge on any atom is -0.383 e. The molecule has 0 bridgehead atoms. The van der Waals surface area contributed by atoms with E-state index in [1.165, 1.54) is 11.9 Å². The zero-order valence-electron chi connectivity index (χ0n) is 27.6. The molecule has 244 valence electrons. The first-order valence-electron chi connectivity index (χ1n) is 16.1. The highest BCUT2D eigenvalue weighted by atomic mass is 19.1. The van der Waals surface area contributed by atoms with Gasteiger partial charge < -0.3 is 26.6 Å². The molecule has 5 rings (SSSR count). The number of nitrogens with two attached hydrogens (primary N) is 1. The Bertz CT molecular complexity index is 1520. The van der Waals surface area contributed by atoms with E-state index in [9.17, 15) is 4.39 Å². The third kappa shape index (κ3) is 7.97. The largest absolute Gasteiger partial charge is 0.383 e. The fourth-order valence-electron chi connectivity index (χ4n) is 5.87. The summed E-state index contributed by atoms with van der Waals surface area (Å²) in [5.74, 6) is 0.431. The molecule has 6 N–H and O–H groups in total. The van der Waals surface area contributed by atoms with E-state index in [1.807, 2.05) is 57.4 Å². The number of hydrazine groups is 1. The molecule has 1 fully saturated rings. The van der Waals surface area contributed by atoms with E-state index in [-0.39, 0.29) is 12.1 Å². The molecule has 1 aromatic heterocycles. The summed E-state index contributed by atoms with van der Waals surface area (Å²) < 4.78 is 14.2. The van der Waals surface area contributed by atoms with Gasteiger partial charge >= 0.3 is 0 Å². The minimum absolute atomic E-state index is 0.137. The van der Waals surface area contributed by atoms with Crippen molar-refractivity contribution in [2.45, 2.75) is 52.0 Å². The smallest absolute Gasteiger partial charge is 0.182 e. The zero-order chi connectivity index (χ0) is 33.2. The Kier molecular flexibility index (Phi) is 12.0. The summed E-state index contributed by atoms with van der Waals surface area (Å²) >= 11 is 0.